The van der Waals surface area contributed by atoms with Gasteiger partial charge in [-0.25, -0.2) is 0 Å². The van der Waals surface area contributed by atoms with Gasteiger partial charge in [-0.2, -0.15) is 0 Å². The second-order valence-corrected chi connectivity index (χ2v) is 8.43. The van der Waals surface area contributed by atoms with Crippen molar-refractivity contribution >= 4 is 17.5 Å². The minimum atomic E-state index is -0.552. The van der Waals surface area contributed by atoms with Gasteiger partial charge in [0.1, 0.15) is 0 Å². The Morgan fingerprint density at radius 3 is 2.50 bits per heavy atom. The van der Waals surface area contributed by atoms with Crippen molar-refractivity contribution in [2.24, 2.45) is 17.1 Å². The van der Waals surface area contributed by atoms with E-state index in [-0.39, 0.29) is 17.7 Å². The van der Waals surface area contributed by atoms with Gasteiger partial charge in [-0.05, 0) is 68.7 Å². The van der Waals surface area contributed by atoms with Gasteiger partial charge in [0.25, 0.3) is 0 Å². The Balaban J connectivity index is 1.61. The number of carbonyl (C=O) groups is 2. The van der Waals surface area contributed by atoms with Gasteiger partial charge in [-0.1, -0.05) is 18.9 Å². The Labute approximate surface area is 167 Å². The van der Waals surface area contributed by atoms with Gasteiger partial charge in [0, 0.05) is 25.4 Å². The van der Waals surface area contributed by atoms with Gasteiger partial charge in [0.15, 0.2) is 0 Å². The Morgan fingerprint density at radius 2 is 1.86 bits per heavy atom. The van der Waals surface area contributed by atoms with Crippen molar-refractivity contribution < 1.29 is 14.3 Å². The Hall–Kier alpha value is -1.92. The number of ether oxygens (including phenoxy) is 1. The molecule has 6 heteroatoms. The van der Waals surface area contributed by atoms with Crippen molar-refractivity contribution in [3.05, 3.63) is 29.3 Å². The van der Waals surface area contributed by atoms with Crippen LogP contribution in [0, 0.1) is 25.2 Å². The largest absolute Gasteiger partial charge is 0.381 e. The quantitative estimate of drug-likeness (QED) is 0.700. The number of benzene rings is 1. The molecule has 154 valence electrons. The topological polar surface area (TPSA) is 93.5 Å². The average Bonchev–Trinajstić information content (AvgIpc) is 3.19. The predicted octanol–water partition coefficient (Wildman–Crippen LogP) is 2.67. The first-order valence-electron chi connectivity index (χ1n) is 10.4. The van der Waals surface area contributed by atoms with E-state index in [1.165, 1.54) is 5.56 Å². The normalized spacial score (nSPS) is 20.5. The van der Waals surface area contributed by atoms with Crippen LogP contribution in [0.2, 0.25) is 0 Å². The molecule has 1 atom stereocenters. The van der Waals surface area contributed by atoms with Crippen molar-refractivity contribution in [1.29, 1.82) is 0 Å². The van der Waals surface area contributed by atoms with Gasteiger partial charge in [0.05, 0.1) is 11.5 Å². The molecule has 2 amide bonds. The van der Waals surface area contributed by atoms with Crippen LogP contribution in [0.5, 0.6) is 0 Å². The van der Waals surface area contributed by atoms with Crippen LogP contribution in [0.4, 0.5) is 5.69 Å². The van der Waals surface area contributed by atoms with Crippen molar-refractivity contribution in [2.75, 3.05) is 25.1 Å². The summed E-state index contributed by atoms with van der Waals surface area (Å²) < 4.78 is 5.35. The maximum Gasteiger partial charge on any atom is 0.237 e. The molecular formula is C22H33N3O3. The van der Waals surface area contributed by atoms with Crippen molar-refractivity contribution in [3.8, 4) is 0 Å². The van der Waals surface area contributed by atoms with E-state index >= 15 is 0 Å². The van der Waals surface area contributed by atoms with E-state index in [4.69, 9.17) is 10.5 Å². The van der Waals surface area contributed by atoms with Crippen molar-refractivity contribution in [1.82, 2.24) is 5.32 Å². The fourth-order valence-corrected chi connectivity index (χ4v) is 4.28. The highest BCUT2D eigenvalue weighted by atomic mass is 16.5. The van der Waals surface area contributed by atoms with Gasteiger partial charge in [-0.15, -0.1) is 0 Å². The molecule has 4 N–H and O–H groups in total. The Kier molecular flexibility index (Phi) is 6.73. The summed E-state index contributed by atoms with van der Waals surface area (Å²) in [4.78, 5) is 25.7. The van der Waals surface area contributed by atoms with E-state index < -0.39 is 11.5 Å². The highest BCUT2D eigenvalue weighted by Crippen LogP contribution is 2.39. The highest BCUT2D eigenvalue weighted by molar-refractivity contribution is 5.96. The van der Waals surface area contributed by atoms with Crippen LogP contribution in [0.25, 0.3) is 0 Å². The number of hydrogen-bond donors (Lipinski definition) is 3. The third kappa shape index (κ3) is 4.73. The zero-order chi connectivity index (χ0) is 20.1. The average molecular weight is 388 g/mol. The molecule has 1 aromatic rings. The number of aryl methyl sites for hydroxylation is 2. The fourth-order valence-electron chi connectivity index (χ4n) is 4.28. The summed E-state index contributed by atoms with van der Waals surface area (Å²) in [5, 5.41) is 6.06. The standard InChI is InChI=1S/C22H33N3O3/c1-15-5-6-18(13-16(15)2)25-21(27)22(9-3-4-10-22)14-24-20(26)19(23)17-7-11-28-12-8-17/h5-6,13,17,19H,3-4,7-12,14,23H2,1-2H3,(H,24,26)(H,25,27). The van der Waals surface area contributed by atoms with Gasteiger partial charge in [0.2, 0.25) is 11.8 Å². The number of amides is 2. The predicted molar refractivity (Wildman–Crippen MR) is 110 cm³/mol. The number of anilines is 1. The molecule has 1 heterocycles. The molecular weight excluding hydrogens is 354 g/mol. The SMILES string of the molecule is Cc1ccc(NC(=O)C2(CNC(=O)C(N)C3CCOCC3)CCCC2)cc1C. The van der Waals surface area contributed by atoms with Gasteiger partial charge >= 0.3 is 0 Å². The number of hydrogen-bond acceptors (Lipinski definition) is 4. The molecule has 0 radical (unpaired) electrons. The van der Waals surface area contributed by atoms with Crippen molar-refractivity contribution in [2.45, 2.75) is 58.4 Å². The molecule has 1 saturated carbocycles. The second kappa shape index (κ2) is 9.05. The van der Waals surface area contributed by atoms with Crippen LogP contribution in [-0.4, -0.2) is 37.6 Å². The lowest BCUT2D eigenvalue weighted by Crippen LogP contribution is -2.51. The maximum absolute atomic E-state index is 13.1. The number of carbonyl (C=O) groups excluding carboxylic acids is 2. The lowest BCUT2D eigenvalue weighted by atomic mass is 9.84. The van der Waals surface area contributed by atoms with Crippen LogP contribution >= 0.6 is 0 Å². The lowest BCUT2D eigenvalue weighted by molar-refractivity contribution is -0.128. The molecule has 28 heavy (non-hydrogen) atoms. The summed E-state index contributed by atoms with van der Waals surface area (Å²) in [6, 6.07) is 5.41. The Morgan fingerprint density at radius 1 is 1.18 bits per heavy atom. The molecule has 2 fully saturated rings. The number of nitrogens with one attached hydrogen (secondary N) is 2. The molecule has 0 bridgehead atoms. The molecule has 1 unspecified atom stereocenters. The van der Waals surface area contributed by atoms with Gasteiger partial charge in [-0.3, -0.25) is 9.59 Å². The second-order valence-electron chi connectivity index (χ2n) is 8.43. The number of nitrogens with two attached hydrogens (primary N) is 1. The van der Waals surface area contributed by atoms with Crippen LogP contribution < -0.4 is 16.4 Å². The molecule has 1 saturated heterocycles. The summed E-state index contributed by atoms with van der Waals surface area (Å²) >= 11 is 0. The molecule has 1 aliphatic heterocycles. The molecule has 1 aliphatic carbocycles. The lowest BCUT2D eigenvalue weighted by Gasteiger charge is -2.30. The van der Waals surface area contributed by atoms with Crippen molar-refractivity contribution in [3.63, 3.8) is 0 Å². The smallest absolute Gasteiger partial charge is 0.237 e. The van der Waals surface area contributed by atoms with E-state index in [1.807, 2.05) is 25.1 Å². The van der Waals surface area contributed by atoms with Crippen LogP contribution in [-0.2, 0) is 14.3 Å². The highest BCUT2D eigenvalue weighted by Gasteiger charge is 2.42. The summed E-state index contributed by atoms with van der Waals surface area (Å²) in [7, 11) is 0. The molecule has 2 aliphatic rings. The Bertz CT molecular complexity index is 707. The summed E-state index contributed by atoms with van der Waals surface area (Å²) in [5.74, 6) is -0.0111. The van der Waals surface area contributed by atoms with E-state index in [0.717, 1.165) is 49.8 Å². The number of rotatable bonds is 6. The molecule has 0 spiro atoms. The molecule has 3 rings (SSSR count). The molecule has 0 aromatic heterocycles. The monoisotopic (exact) mass is 387 g/mol. The molecule has 1 aromatic carbocycles. The van der Waals surface area contributed by atoms with Crippen LogP contribution in [0.15, 0.2) is 18.2 Å². The minimum Gasteiger partial charge on any atom is -0.381 e. The summed E-state index contributed by atoms with van der Waals surface area (Å²) in [6.07, 6.45) is 5.21. The van der Waals surface area contributed by atoms with E-state index in [9.17, 15) is 9.59 Å². The third-order valence-corrected chi connectivity index (χ3v) is 6.48. The van der Waals surface area contributed by atoms with E-state index in [1.54, 1.807) is 0 Å². The zero-order valence-corrected chi connectivity index (χ0v) is 17.1. The fraction of sp³-hybridized carbons (Fsp3) is 0.636. The first-order chi connectivity index (χ1) is 13.4. The van der Waals surface area contributed by atoms with Crippen LogP contribution in [0.3, 0.4) is 0 Å². The minimum absolute atomic E-state index is 0.00630. The first-order valence-corrected chi connectivity index (χ1v) is 10.4. The summed E-state index contributed by atoms with van der Waals surface area (Å²) in [6.45, 7) is 5.76. The first kappa shape index (κ1) is 20.8. The summed E-state index contributed by atoms with van der Waals surface area (Å²) in [5.41, 5.74) is 8.78. The zero-order valence-electron chi connectivity index (χ0n) is 17.1. The van der Waals surface area contributed by atoms with Gasteiger partial charge < -0.3 is 21.1 Å². The van der Waals surface area contributed by atoms with Crippen LogP contribution in [0.1, 0.15) is 49.7 Å². The maximum atomic E-state index is 13.1. The van der Waals surface area contributed by atoms with E-state index in [2.05, 4.69) is 17.6 Å². The van der Waals surface area contributed by atoms with E-state index in [0.29, 0.717) is 19.8 Å². The molecule has 6 nitrogen and oxygen atoms in total. The third-order valence-electron chi connectivity index (χ3n) is 6.48.